The lowest BCUT2D eigenvalue weighted by Gasteiger charge is -2.32. The van der Waals surface area contributed by atoms with E-state index in [2.05, 4.69) is 19.4 Å². The molecule has 6 heterocycles. The number of carbonyl (C=O) groups is 3. The predicted octanol–water partition coefficient (Wildman–Crippen LogP) is 11.9. The summed E-state index contributed by atoms with van der Waals surface area (Å²) < 4.78 is 76.5. The highest BCUT2D eigenvalue weighted by atomic mass is 19.2. The van der Waals surface area contributed by atoms with Crippen LogP contribution < -0.4 is 9.80 Å². The van der Waals surface area contributed by atoms with Gasteiger partial charge in [-0.05, 0) is 138 Å². The van der Waals surface area contributed by atoms with Gasteiger partial charge in [-0.1, -0.05) is 29.4 Å². The molecule has 0 bridgehead atoms. The SMILES string of the molecule is CCc1onc(C)c1-c1ccc2c(c1)nc([C@@H]1CCC(=O)N1c1ccc(F)c(F)c1)n2C1CCC(OC(C)=O)CC1.Cc1noc(CO)c1-c1ccc2c(c1)nc([C@@H]1CCC(=O)N1c1ccc(F)c(F)c1)n2C1CCC(O)CC1. The summed E-state index contributed by atoms with van der Waals surface area (Å²) in [6.07, 6.45) is 7.60. The largest absolute Gasteiger partial charge is 0.463 e. The number of aliphatic hydroxyl groups is 2. The van der Waals surface area contributed by atoms with Crippen molar-refractivity contribution in [2.45, 2.75) is 154 Å². The number of carbonyl (C=O) groups excluding carboxylic acids is 3. The number of nitrogens with zero attached hydrogens (tertiary/aromatic N) is 8. The molecule has 0 unspecified atom stereocenters. The third-order valence-corrected chi connectivity index (χ3v) is 16.1. The van der Waals surface area contributed by atoms with Gasteiger partial charge in [0.1, 0.15) is 30.1 Å². The number of rotatable bonds is 11. The van der Waals surface area contributed by atoms with E-state index in [9.17, 15) is 42.2 Å². The highest BCUT2D eigenvalue weighted by Gasteiger charge is 2.41. The third-order valence-electron chi connectivity index (χ3n) is 16.1. The van der Waals surface area contributed by atoms with Gasteiger partial charge in [-0.2, -0.15) is 0 Å². The number of esters is 1. The first-order valence-electron chi connectivity index (χ1n) is 27.1. The fraction of sp³-hybridized carbons (Fsp3) is 0.407. The zero-order valence-electron chi connectivity index (χ0n) is 44.2. The van der Waals surface area contributed by atoms with Crippen molar-refractivity contribution in [3.63, 3.8) is 0 Å². The van der Waals surface area contributed by atoms with Crippen molar-refractivity contribution < 1.29 is 55.9 Å². The standard InChI is InChI=1S/C31H32F2N4O4.C28H28F2N4O4/c1-4-28-30(17(2)35-41-28)19-5-12-26-25(15-19)34-31(37(26)20-6-9-22(10-7-20)40-18(3)38)27-13-14-29(39)36(27)21-8-11-23(32)24(33)16-21;1-15-27(25(14-35)38-32-15)16-2-9-23-22(12-16)31-28(34(23)17-3-6-19(36)7-4-17)24-10-11-26(37)33(24)18-5-8-20(29)21(30)13-18/h5,8,11-12,15-16,20,22,27H,4,6-7,9-10,13-14H2,1-3H3;2,5,8-9,12-13,17,19,24,35-36H,3-4,6-7,10-11,14H2,1H3/t20?,22?,27-;17?,19?,24-/m00/s1. The molecule has 4 aliphatic rings. The number of aliphatic hydroxyl groups excluding tert-OH is 2. The Balaban J connectivity index is 0.000000168. The number of hydrogen-bond acceptors (Lipinski definition) is 12. The predicted molar refractivity (Wildman–Crippen MR) is 283 cm³/mol. The van der Waals surface area contributed by atoms with Gasteiger partial charge in [0.25, 0.3) is 0 Å². The molecule has 79 heavy (non-hydrogen) atoms. The Kier molecular flexibility index (Phi) is 14.7. The summed E-state index contributed by atoms with van der Waals surface area (Å²) in [5, 5.41) is 28.0. The molecule has 0 spiro atoms. The first-order valence-corrected chi connectivity index (χ1v) is 27.1. The van der Waals surface area contributed by atoms with E-state index in [4.69, 9.17) is 23.8 Å². The minimum absolute atomic E-state index is 0.0667. The first-order chi connectivity index (χ1) is 38.1. The fourth-order valence-electron chi connectivity index (χ4n) is 12.5. The highest BCUT2D eigenvalue weighted by molar-refractivity contribution is 5.97. The highest BCUT2D eigenvalue weighted by Crippen LogP contribution is 2.45. The number of amides is 2. The van der Waals surface area contributed by atoms with Gasteiger partial charge in [0, 0.05) is 67.3 Å². The van der Waals surface area contributed by atoms with Crippen molar-refractivity contribution in [1.29, 1.82) is 0 Å². The Morgan fingerprint density at radius 2 is 1.08 bits per heavy atom. The second kappa shape index (κ2) is 21.8. The van der Waals surface area contributed by atoms with Crippen LogP contribution in [-0.2, 0) is 32.1 Å². The van der Waals surface area contributed by atoms with Crippen LogP contribution in [0, 0.1) is 37.1 Å². The van der Waals surface area contributed by atoms with Gasteiger partial charge < -0.3 is 42.9 Å². The number of fused-ring (bicyclic) bond motifs is 2. The topological polar surface area (TPSA) is 195 Å². The fourth-order valence-corrected chi connectivity index (χ4v) is 12.5. The van der Waals surface area contributed by atoms with E-state index >= 15 is 0 Å². The smallest absolute Gasteiger partial charge is 0.302 e. The summed E-state index contributed by atoms with van der Waals surface area (Å²) in [5.41, 5.74) is 8.76. The first kappa shape index (κ1) is 53.3. The van der Waals surface area contributed by atoms with E-state index < -0.39 is 35.4 Å². The van der Waals surface area contributed by atoms with E-state index in [1.165, 1.54) is 24.0 Å². The van der Waals surface area contributed by atoms with Gasteiger partial charge in [-0.25, -0.2) is 27.5 Å². The van der Waals surface area contributed by atoms with Crippen LogP contribution in [0.4, 0.5) is 28.9 Å². The number of halogens is 4. The Bertz CT molecular complexity index is 3630. The molecule has 0 radical (unpaired) electrons. The van der Waals surface area contributed by atoms with Gasteiger partial charge >= 0.3 is 5.97 Å². The number of ether oxygens (including phenoxy) is 1. The van der Waals surface area contributed by atoms with E-state index in [1.807, 2.05) is 57.2 Å². The van der Waals surface area contributed by atoms with Crippen molar-refractivity contribution in [3.05, 3.63) is 131 Å². The molecule has 2 aliphatic carbocycles. The van der Waals surface area contributed by atoms with Crippen molar-refractivity contribution in [3.8, 4) is 22.3 Å². The lowest BCUT2D eigenvalue weighted by molar-refractivity contribution is -0.148. The number of aryl methyl sites for hydroxylation is 3. The molecule has 2 amide bonds. The van der Waals surface area contributed by atoms with Crippen LogP contribution in [0.2, 0.25) is 0 Å². The molecular weight excluding hydrogens is 1020 g/mol. The lowest BCUT2D eigenvalue weighted by Crippen LogP contribution is -2.31. The van der Waals surface area contributed by atoms with Gasteiger partial charge in [-0.3, -0.25) is 14.4 Å². The maximum Gasteiger partial charge on any atom is 0.302 e. The molecule has 412 valence electrons. The van der Waals surface area contributed by atoms with Crippen LogP contribution in [0.1, 0.15) is 150 Å². The summed E-state index contributed by atoms with van der Waals surface area (Å²) in [7, 11) is 0. The Labute approximate surface area is 451 Å². The van der Waals surface area contributed by atoms with Gasteiger partial charge in [0.05, 0.1) is 57.2 Å². The van der Waals surface area contributed by atoms with Crippen LogP contribution in [0.25, 0.3) is 44.3 Å². The molecule has 4 aromatic heterocycles. The van der Waals surface area contributed by atoms with Crippen LogP contribution in [-0.4, -0.2) is 69.6 Å². The van der Waals surface area contributed by atoms with Crippen LogP contribution in [0.5, 0.6) is 0 Å². The van der Waals surface area contributed by atoms with Crippen molar-refractivity contribution in [1.82, 2.24) is 29.4 Å². The van der Waals surface area contributed by atoms with Gasteiger partial charge in [-0.15, -0.1) is 0 Å². The maximum absolute atomic E-state index is 14.2. The number of anilines is 2. The summed E-state index contributed by atoms with van der Waals surface area (Å²) in [5.74, 6) is -2.00. The zero-order valence-corrected chi connectivity index (χ0v) is 44.2. The molecule has 2 N–H and O–H groups in total. The second-order valence-corrected chi connectivity index (χ2v) is 21.1. The normalized spacial score (nSPS) is 21.6. The lowest BCUT2D eigenvalue weighted by atomic mass is 9.92. The minimum atomic E-state index is -1.01. The molecule has 2 saturated carbocycles. The molecule has 20 heteroatoms. The molecule has 16 nitrogen and oxygen atoms in total. The maximum atomic E-state index is 14.2. The van der Waals surface area contributed by atoms with Crippen molar-refractivity contribution >= 4 is 51.2 Å². The molecular formula is C59H60F4N8O8. The molecule has 2 saturated heterocycles. The summed E-state index contributed by atoms with van der Waals surface area (Å²) in [6, 6.07) is 18.2. The quantitative estimate of drug-likeness (QED) is 0.0920. The summed E-state index contributed by atoms with van der Waals surface area (Å²) in [6.45, 7) is 6.88. The number of hydrogen-bond donors (Lipinski definition) is 2. The molecule has 8 aromatic rings. The minimum Gasteiger partial charge on any atom is -0.463 e. The second-order valence-electron chi connectivity index (χ2n) is 21.1. The van der Waals surface area contributed by atoms with E-state index in [-0.39, 0.29) is 61.5 Å². The Morgan fingerprint density at radius 1 is 0.620 bits per heavy atom. The number of imidazole rings is 2. The average Bonchev–Trinajstić information content (AvgIpc) is 4.50. The van der Waals surface area contributed by atoms with Crippen molar-refractivity contribution in [2.75, 3.05) is 9.80 Å². The molecule has 12 rings (SSSR count). The Morgan fingerprint density at radius 3 is 1.52 bits per heavy atom. The number of benzene rings is 4. The van der Waals surface area contributed by atoms with E-state index in [0.29, 0.717) is 77.7 Å². The Hall–Kier alpha value is -7.71. The number of aromatic nitrogens is 6. The molecule has 2 atom stereocenters. The van der Waals surface area contributed by atoms with Crippen molar-refractivity contribution in [2.24, 2.45) is 0 Å². The zero-order chi connectivity index (χ0) is 55.4. The summed E-state index contributed by atoms with van der Waals surface area (Å²) in [4.78, 5) is 50.9. The van der Waals surface area contributed by atoms with E-state index in [1.54, 1.807) is 4.90 Å². The monoisotopic (exact) mass is 1080 g/mol. The van der Waals surface area contributed by atoms with Crippen LogP contribution >= 0.6 is 0 Å². The van der Waals surface area contributed by atoms with Gasteiger partial charge in [0.15, 0.2) is 29.0 Å². The van der Waals surface area contributed by atoms with Gasteiger partial charge in [0.2, 0.25) is 11.8 Å². The third kappa shape index (κ3) is 10.1. The molecule has 4 fully saturated rings. The molecule has 4 aromatic carbocycles. The molecule has 2 aliphatic heterocycles. The summed E-state index contributed by atoms with van der Waals surface area (Å²) >= 11 is 0. The van der Waals surface area contributed by atoms with Crippen LogP contribution in [0.3, 0.4) is 0 Å². The van der Waals surface area contributed by atoms with Crippen LogP contribution in [0.15, 0.2) is 81.8 Å². The van der Waals surface area contributed by atoms with E-state index in [0.717, 1.165) is 107 Å². The average molecular weight is 1090 g/mol.